The lowest BCUT2D eigenvalue weighted by Crippen LogP contribution is -2.46. The van der Waals surface area contributed by atoms with E-state index in [-0.39, 0.29) is 11.9 Å². The maximum absolute atomic E-state index is 11.9. The maximum Gasteiger partial charge on any atom is 0.237 e. The van der Waals surface area contributed by atoms with E-state index in [4.69, 9.17) is 0 Å². The van der Waals surface area contributed by atoms with Crippen molar-refractivity contribution in [3.8, 4) is 0 Å². The van der Waals surface area contributed by atoms with Gasteiger partial charge in [-0.3, -0.25) is 9.69 Å². The molecule has 0 radical (unpaired) electrons. The molecule has 0 aliphatic carbocycles. The molecule has 2 aliphatic heterocycles. The van der Waals surface area contributed by atoms with Gasteiger partial charge >= 0.3 is 0 Å². The maximum atomic E-state index is 11.9. The van der Waals surface area contributed by atoms with Crippen LogP contribution in [0, 0.1) is 0 Å². The van der Waals surface area contributed by atoms with Gasteiger partial charge in [0.25, 0.3) is 0 Å². The Morgan fingerprint density at radius 2 is 1.92 bits per heavy atom. The summed E-state index contributed by atoms with van der Waals surface area (Å²) in [7, 11) is 0. The molecular weight excluding hydrogens is 300 g/mol. The van der Waals surface area contributed by atoms with E-state index in [0.29, 0.717) is 0 Å². The zero-order valence-corrected chi connectivity index (χ0v) is 14.5. The van der Waals surface area contributed by atoms with Gasteiger partial charge in [-0.2, -0.15) is 0 Å². The number of nitrogens with zero attached hydrogens (tertiary/aromatic N) is 2. The predicted octanol–water partition coefficient (Wildman–Crippen LogP) is 1.46. The highest BCUT2D eigenvalue weighted by Gasteiger charge is 2.21. The Bertz CT molecular complexity index is 493. The van der Waals surface area contributed by atoms with Crippen LogP contribution in [0.15, 0.2) is 30.3 Å². The van der Waals surface area contributed by atoms with Crippen LogP contribution in [0.2, 0.25) is 0 Å². The summed E-state index contributed by atoms with van der Waals surface area (Å²) < 4.78 is 0. The fourth-order valence-electron chi connectivity index (χ4n) is 3.57. The first-order valence-electron chi connectivity index (χ1n) is 9.36. The normalized spacial score (nSPS) is 21.8. The van der Waals surface area contributed by atoms with Gasteiger partial charge in [0.2, 0.25) is 5.91 Å². The number of unbranched alkanes of at least 4 members (excludes halogenated alkanes) is 1. The van der Waals surface area contributed by atoms with Crippen molar-refractivity contribution in [3.05, 3.63) is 30.3 Å². The highest BCUT2D eigenvalue weighted by molar-refractivity contribution is 5.81. The predicted molar refractivity (Wildman–Crippen MR) is 98.4 cm³/mol. The summed E-state index contributed by atoms with van der Waals surface area (Å²) in [4.78, 5) is 16.9. The van der Waals surface area contributed by atoms with Crippen LogP contribution in [0.25, 0.3) is 0 Å². The van der Waals surface area contributed by atoms with E-state index in [2.05, 4.69) is 50.8 Å². The lowest BCUT2D eigenvalue weighted by Gasteiger charge is -2.36. The molecule has 24 heavy (non-hydrogen) atoms. The molecule has 3 rings (SSSR count). The fourth-order valence-corrected chi connectivity index (χ4v) is 3.57. The number of anilines is 1. The molecule has 2 saturated heterocycles. The molecule has 1 amide bonds. The number of nitrogens with one attached hydrogen (secondary N) is 2. The molecule has 1 aromatic rings. The largest absolute Gasteiger partial charge is 0.369 e. The van der Waals surface area contributed by atoms with Crippen molar-refractivity contribution in [3.63, 3.8) is 0 Å². The van der Waals surface area contributed by atoms with Gasteiger partial charge < -0.3 is 15.5 Å². The van der Waals surface area contributed by atoms with E-state index in [1.165, 1.54) is 5.69 Å². The van der Waals surface area contributed by atoms with Crippen LogP contribution < -0.4 is 15.5 Å². The standard InChI is InChI=1S/C19H30N4O/c24-19(18-9-6-11-20-18)21-10-4-5-12-22-13-15-23(16-14-22)17-7-2-1-3-8-17/h1-3,7-8,18,20H,4-6,9-16H2,(H,21,24)/t18-/m0/s1. The molecule has 0 aromatic heterocycles. The second-order valence-corrected chi connectivity index (χ2v) is 6.81. The molecule has 2 N–H and O–H groups in total. The molecule has 0 unspecified atom stereocenters. The average Bonchev–Trinajstić information content (AvgIpc) is 3.17. The van der Waals surface area contributed by atoms with E-state index in [0.717, 1.165) is 71.5 Å². The zero-order chi connectivity index (χ0) is 16.6. The van der Waals surface area contributed by atoms with E-state index in [1.54, 1.807) is 0 Å². The number of para-hydroxylation sites is 1. The van der Waals surface area contributed by atoms with Crippen molar-refractivity contribution in [2.45, 2.75) is 31.7 Å². The lowest BCUT2D eigenvalue weighted by atomic mass is 10.2. The van der Waals surface area contributed by atoms with Gasteiger partial charge in [-0.1, -0.05) is 18.2 Å². The molecule has 1 aromatic carbocycles. The summed E-state index contributed by atoms with van der Waals surface area (Å²) in [6.45, 7) is 7.40. The third-order valence-corrected chi connectivity index (χ3v) is 5.07. The van der Waals surface area contributed by atoms with Gasteiger partial charge in [0.05, 0.1) is 6.04 Å². The minimum absolute atomic E-state index is 0.0519. The quantitative estimate of drug-likeness (QED) is 0.743. The Kier molecular flexibility index (Phi) is 6.49. The van der Waals surface area contributed by atoms with Crippen LogP contribution >= 0.6 is 0 Å². The van der Waals surface area contributed by atoms with E-state index in [1.807, 2.05) is 0 Å². The van der Waals surface area contributed by atoms with Crippen LogP contribution in [0.1, 0.15) is 25.7 Å². The number of hydrogen-bond acceptors (Lipinski definition) is 4. The summed E-state index contributed by atoms with van der Waals surface area (Å²) in [6.07, 6.45) is 4.33. The minimum atomic E-state index is 0.0519. The Morgan fingerprint density at radius 1 is 1.12 bits per heavy atom. The van der Waals surface area contributed by atoms with Gasteiger partial charge in [0.1, 0.15) is 0 Å². The average molecular weight is 330 g/mol. The Labute approximate surface area is 145 Å². The number of hydrogen-bond donors (Lipinski definition) is 2. The molecule has 132 valence electrons. The van der Waals surface area contributed by atoms with Gasteiger partial charge in [0, 0.05) is 38.4 Å². The highest BCUT2D eigenvalue weighted by atomic mass is 16.2. The molecule has 0 saturated carbocycles. The molecule has 2 fully saturated rings. The van der Waals surface area contributed by atoms with Crippen LogP contribution in [0.3, 0.4) is 0 Å². The molecule has 2 heterocycles. The molecule has 0 spiro atoms. The van der Waals surface area contributed by atoms with Crippen molar-refractivity contribution in [1.29, 1.82) is 0 Å². The third kappa shape index (κ3) is 4.95. The Balaban J connectivity index is 1.25. The van der Waals surface area contributed by atoms with Crippen LogP contribution in [-0.4, -0.2) is 62.7 Å². The zero-order valence-electron chi connectivity index (χ0n) is 14.5. The number of benzene rings is 1. The van der Waals surface area contributed by atoms with Gasteiger partial charge in [-0.05, 0) is 50.9 Å². The Morgan fingerprint density at radius 3 is 2.62 bits per heavy atom. The molecule has 0 bridgehead atoms. The lowest BCUT2D eigenvalue weighted by molar-refractivity contribution is -0.122. The van der Waals surface area contributed by atoms with Crippen molar-refractivity contribution in [2.75, 3.05) is 50.7 Å². The van der Waals surface area contributed by atoms with Crippen LogP contribution in [0.5, 0.6) is 0 Å². The summed E-state index contributed by atoms with van der Waals surface area (Å²) in [6, 6.07) is 10.7. The SMILES string of the molecule is O=C(NCCCCN1CCN(c2ccccc2)CC1)[C@@H]1CCCN1. The first-order chi connectivity index (χ1) is 11.8. The summed E-state index contributed by atoms with van der Waals surface area (Å²) >= 11 is 0. The van der Waals surface area contributed by atoms with Gasteiger partial charge in [0.15, 0.2) is 0 Å². The first kappa shape index (κ1) is 17.2. The van der Waals surface area contributed by atoms with Crippen LogP contribution in [-0.2, 0) is 4.79 Å². The number of carbonyl (C=O) groups is 1. The van der Waals surface area contributed by atoms with Crippen LogP contribution in [0.4, 0.5) is 5.69 Å². The van der Waals surface area contributed by atoms with Crippen molar-refractivity contribution < 1.29 is 4.79 Å². The number of piperazine rings is 1. The third-order valence-electron chi connectivity index (χ3n) is 5.07. The Hall–Kier alpha value is -1.59. The second kappa shape index (κ2) is 9.04. The minimum Gasteiger partial charge on any atom is -0.369 e. The number of carbonyl (C=O) groups excluding carboxylic acids is 1. The number of amides is 1. The second-order valence-electron chi connectivity index (χ2n) is 6.81. The molecule has 1 atom stereocenters. The topological polar surface area (TPSA) is 47.6 Å². The fraction of sp³-hybridized carbons (Fsp3) is 0.632. The van der Waals surface area contributed by atoms with E-state index < -0.39 is 0 Å². The highest BCUT2D eigenvalue weighted by Crippen LogP contribution is 2.15. The summed E-state index contributed by atoms with van der Waals surface area (Å²) in [5, 5.41) is 6.30. The van der Waals surface area contributed by atoms with Crippen molar-refractivity contribution >= 4 is 11.6 Å². The summed E-state index contributed by atoms with van der Waals surface area (Å²) in [5.41, 5.74) is 1.33. The van der Waals surface area contributed by atoms with Crippen molar-refractivity contribution in [2.24, 2.45) is 0 Å². The monoisotopic (exact) mass is 330 g/mol. The summed E-state index contributed by atoms with van der Waals surface area (Å²) in [5.74, 6) is 0.184. The first-order valence-corrected chi connectivity index (χ1v) is 9.36. The molecule has 5 heteroatoms. The van der Waals surface area contributed by atoms with Crippen molar-refractivity contribution in [1.82, 2.24) is 15.5 Å². The van der Waals surface area contributed by atoms with E-state index in [9.17, 15) is 4.79 Å². The molecular formula is C19H30N4O. The van der Waals surface area contributed by atoms with Gasteiger partial charge in [-0.25, -0.2) is 0 Å². The molecule has 2 aliphatic rings. The number of rotatable bonds is 7. The smallest absolute Gasteiger partial charge is 0.237 e. The van der Waals surface area contributed by atoms with E-state index >= 15 is 0 Å². The van der Waals surface area contributed by atoms with Gasteiger partial charge in [-0.15, -0.1) is 0 Å². The molecule has 5 nitrogen and oxygen atoms in total.